The molecule has 1 aliphatic rings. The number of aliphatic hydroxyl groups excluding tert-OH is 1. The van der Waals surface area contributed by atoms with Crippen LogP contribution in [0.4, 0.5) is 4.79 Å². The molecule has 226 valence electrons. The molecule has 8 nitrogen and oxygen atoms in total. The van der Waals surface area contributed by atoms with E-state index in [-0.39, 0.29) is 11.9 Å². The van der Waals surface area contributed by atoms with Gasteiger partial charge in [-0.2, -0.15) is 0 Å². The van der Waals surface area contributed by atoms with Gasteiger partial charge in [0.05, 0.1) is 6.61 Å². The molecule has 3 N–H and O–H groups in total. The fourth-order valence-corrected chi connectivity index (χ4v) is 5.48. The molecule has 0 radical (unpaired) electrons. The van der Waals surface area contributed by atoms with Crippen molar-refractivity contribution in [3.05, 3.63) is 34.9 Å². The zero-order valence-corrected chi connectivity index (χ0v) is 25.7. The van der Waals surface area contributed by atoms with Crippen LogP contribution in [0.2, 0.25) is 0 Å². The van der Waals surface area contributed by atoms with Crippen molar-refractivity contribution in [3.8, 4) is 0 Å². The molecule has 0 aliphatic heterocycles. The standard InChI is InChI=1S/C32H53N3O5/c1-7-8-9-10-11-15-21-35(30(38)26(22-36)34-31(39)40-32(4,5)6)28(27-23(2)17-16-18-24(27)3)29(37)33-25-19-13-12-14-20-25/h16-18,25-26,28,36H,7-15,19-22H2,1-6H3,(H,33,37)(H,34,39). The first kappa shape index (κ1) is 33.6. The van der Waals surface area contributed by atoms with Crippen molar-refractivity contribution in [3.63, 3.8) is 0 Å². The second kappa shape index (κ2) is 16.6. The molecule has 2 rings (SSSR count). The topological polar surface area (TPSA) is 108 Å². The third kappa shape index (κ3) is 10.8. The Kier molecular flexibility index (Phi) is 13.9. The van der Waals surface area contributed by atoms with Crippen molar-refractivity contribution in [1.82, 2.24) is 15.5 Å². The first-order chi connectivity index (χ1) is 19.0. The second-order valence-electron chi connectivity index (χ2n) is 12.2. The highest BCUT2D eigenvalue weighted by Gasteiger charge is 2.38. The maximum absolute atomic E-state index is 14.1. The quantitative estimate of drug-likeness (QED) is 0.247. The van der Waals surface area contributed by atoms with Gasteiger partial charge in [-0.05, 0) is 70.6 Å². The van der Waals surface area contributed by atoms with Crippen molar-refractivity contribution in [1.29, 1.82) is 0 Å². The zero-order valence-electron chi connectivity index (χ0n) is 25.7. The fraction of sp³-hybridized carbons (Fsp3) is 0.719. The van der Waals surface area contributed by atoms with Crippen LogP contribution in [0.5, 0.6) is 0 Å². The Morgan fingerprint density at radius 2 is 1.60 bits per heavy atom. The van der Waals surface area contributed by atoms with Crippen molar-refractivity contribution in [2.24, 2.45) is 0 Å². The van der Waals surface area contributed by atoms with Crippen LogP contribution in [0.3, 0.4) is 0 Å². The SMILES string of the molecule is CCCCCCCCN(C(=O)C(CO)NC(=O)OC(C)(C)C)C(C(=O)NC1CCCCC1)c1c(C)cccc1C. The van der Waals surface area contributed by atoms with E-state index < -0.39 is 36.3 Å². The number of carbonyl (C=O) groups is 3. The first-order valence-electron chi connectivity index (χ1n) is 15.3. The number of rotatable bonds is 14. The monoisotopic (exact) mass is 559 g/mol. The summed E-state index contributed by atoms with van der Waals surface area (Å²) in [7, 11) is 0. The second-order valence-corrected chi connectivity index (χ2v) is 12.2. The normalized spacial score (nSPS) is 15.7. The average Bonchev–Trinajstić information content (AvgIpc) is 2.89. The third-order valence-electron chi connectivity index (χ3n) is 7.53. The molecule has 2 atom stereocenters. The molecule has 1 aromatic rings. The van der Waals surface area contributed by atoms with Crippen LogP contribution in [0.25, 0.3) is 0 Å². The maximum atomic E-state index is 14.1. The summed E-state index contributed by atoms with van der Waals surface area (Å²) in [6.45, 7) is 11.0. The summed E-state index contributed by atoms with van der Waals surface area (Å²) in [4.78, 5) is 42.3. The minimum atomic E-state index is -1.23. The number of ether oxygens (including phenoxy) is 1. The van der Waals surface area contributed by atoms with Crippen LogP contribution in [0.1, 0.15) is 121 Å². The van der Waals surface area contributed by atoms with Gasteiger partial charge >= 0.3 is 6.09 Å². The van der Waals surface area contributed by atoms with Crippen LogP contribution < -0.4 is 10.6 Å². The summed E-state index contributed by atoms with van der Waals surface area (Å²) in [5.74, 6) is -0.703. The van der Waals surface area contributed by atoms with Crippen LogP contribution >= 0.6 is 0 Å². The van der Waals surface area contributed by atoms with E-state index in [1.54, 1.807) is 25.7 Å². The summed E-state index contributed by atoms with van der Waals surface area (Å²) in [6.07, 6.45) is 10.5. The predicted octanol–water partition coefficient (Wildman–Crippen LogP) is 5.87. The summed E-state index contributed by atoms with van der Waals surface area (Å²) in [5, 5.41) is 16.0. The lowest BCUT2D eigenvalue weighted by Gasteiger charge is -2.36. The van der Waals surface area contributed by atoms with E-state index in [0.717, 1.165) is 74.5 Å². The smallest absolute Gasteiger partial charge is 0.408 e. The highest BCUT2D eigenvalue weighted by Crippen LogP contribution is 2.30. The fourth-order valence-electron chi connectivity index (χ4n) is 5.48. The molecule has 1 saturated carbocycles. The largest absolute Gasteiger partial charge is 0.444 e. The number of amides is 3. The maximum Gasteiger partial charge on any atom is 0.408 e. The number of benzene rings is 1. The van der Waals surface area contributed by atoms with Gasteiger partial charge in [0.1, 0.15) is 17.7 Å². The number of nitrogens with zero attached hydrogens (tertiary/aromatic N) is 1. The number of aryl methyl sites for hydroxylation is 2. The number of unbranched alkanes of at least 4 members (excludes halogenated alkanes) is 5. The van der Waals surface area contributed by atoms with Crippen LogP contribution in [0, 0.1) is 13.8 Å². The predicted molar refractivity (Wildman–Crippen MR) is 159 cm³/mol. The number of hydrogen-bond donors (Lipinski definition) is 3. The van der Waals surface area contributed by atoms with E-state index in [0.29, 0.717) is 6.54 Å². The van der Waals surface area contributed by atoms with E-state index in [9.17, 15) is 19.5 Å². The van der Waals surface area contributed by atoms with Crippen molar-refractivity contribution >= 4 is 17.9 Å². The Morgan fingerprint density at radius 1 is 1.00 bits per heavy atom. The third-order valence-corrected chi connectivity index (χ3v) is 7.53. The van der Waals surface area contributed by atoms with Crippen LogP contribution in [-0.4, -0.2) is 58.8 Å². The minimum absolute atomic E-state index is 0.0765. The molecule has 0 saturated heterocycles. The van der Waals surface area contributed by atoms with Gasteiger partial charge in [-0.3, -0.25) is 9.59 Å². The van der Waals surface area contributed by atoms with Crippen LogP contribution in [0.15, 0.2) is 18.2 Å². The summed E-state index contributed by atoms with van der Waals surface area (Å²) < 4.78 is 5.36. The van der Waals surface area contributed by atoms with E-state index in [1.165, 1.54) is 12.8 Å². The molecule has 1 fully saturated rings. The molecule has 0 aromatic heterocycles. The molecular formula is C32H53N3O5. The van der Waals surface area contributed by atoms with Gasteiger partial charge < -0.3 is 25.4 Å². The van der Waals surface area contributed by atoms with Gasteiger partial charge in [-0.1, -0.05) is 76.5 Å². The van der Waals surface area contributed by atoms with Crippen molar-refractivity contribution < 1.29 is 24.2 Å². The van der Waals surface area contributed by atoms with Gasteiger partial charge in [-0.15, -0.1) is 0 Å². The van der Waals surface area contributed by atoms with Gasteiger partial charge in [0.25, 0.3) is 0 Å². The Morgan fingerprint density at radius 3 is 2.17 bits per heavy atom. The number of carbonyl (C=O) groups excluding carboxylic acids is 3. The van der Waals surface area contributed by atoms with E-state index in [1.807, 2.05) is 32.0 Å². The lowest BCUT2D eigenvalue weighted by atomic mass is 9.91. The van der Waals surface area contributed by atoms with E-state index in [2.05, 4.69) is 17.6 Å². The molecule has 0 spiro atoms. The molecule has 0 heterocycles. The van der Waals surface area contributed by atoms with Gasteiger partial charge in [0, 0.05) is 12.6 Å². The summed E-state index contributed by atoms with van der Waals surface area (Å²) >= 11 is 0. The van der Waals surface area contributed by atoms with Crippen molar-refractivity contribution in [2.45, 2.75) is 136 Å². The molecule has 40 heavy (non-hydrogen) atoms. The number of alkyl carbamates (subject to hydrolysis) is 1. The van der Waals surface area contributed by atoms with Crippen molar-refractivity contribution in [2.75, 3.05) is 13.2 Å². The lowest BCUT2D eigenvalue weighted by Crippen LogP contribution is -2.55. The summed E-state index contributed by atoms with van der Waals surface area (Å²) in [5.41, 5.74) is 1.88. The molecule has 0 bridgehead atoms. The number of nitrogens with one attached hydrogen (secondary N) is 2. The molecular weight excluding hydrogens is 506 g/mol. The Labute approximate surface area is 241 Å². The molecule has 1 aromatic carbocycles. The molecule has 3 amide bonds. The minimum Gasteiger partial charge on any atom is -0.444 e. The molecule has 2 unspecified atom stereocenters. The Balaban J connectivity index is 2.43. The highest BCUT2D eigenvalue weighted by atomic mass is 16.6. The van der Waals surface area contributed by atoms with Gasteiger partial charge in [0.15, 0.2) is 0 Å². The first-order valence-corrected chi connectivity index (χ1v) is 15.3. The Bertz CT molecular complexity index is 932. The molecule has 1 aliphatic carbocycles. The van der Waals surface area contributed by atoms with E-state index >= 15 is 0 Å². The highest BCUT2D eigenvalue weighted by molar-refractivity contribution is 5.92. The van der Waals surface area contributed by atoms with Gasteiger partial charge in [-0.25, -0.2) is 4.79 Å². The summed E-state index contributed by atoms with van der Waals surface area (Å²) in [6, 6.07) is 3.83. The molecule has 8 heteroatoms. The Hall–Kier alpha value is -2.61. The number of hydrogen-bond acceptors (Lipinski definition) is 5. The van der Waals surface area contributed by atoms with Crippen LogP contribution in [-0.2, 0) is 14.3 Å². The lowest BCUT2D eigenvalue weighted by molar-refractivity contribution is -0.143. The van der Waals surface area contributed by atoms with Gasteiger partial charge in [0.2, 0.25) is 11.8 Å². The number of aliphatic hydroxyl groups is 1. The van der Waals surface area contributed by atoms with E-state index in [4.69, 9.17) is 4.74 Å². The average molecular weight is 560 g/mol. The zero-order chi connectivity index (χ0) is 29.7.